The van der Waals surface area contributed by atoms with Crippen molar-refractivity contribution in [3.05, 3.63) is 28.7 Å². The summed E-state index contributed by atoms with van der Waals surface area (Å²) in [6.07, 6.45) is 3.56. The van der Waals surface area contributed by atoms with Crippen LogP contribution in [-0.4, -0.2) is 4.98 Å². The molecule has 0 radical (unpaired) electrons. The third-order valence-corrected chi connectivity index (χ3v) is 2.15. The largest absolute Gasteiger partial charge is 0.242 e. The first-order valence-electron chi connectivity index (χ1n) is 3.00. The van der Waals surface area contributed by atoms with Crippen molar-refractivity contribution >= 4 is 23.5 Å². The zero-order valence-corrected chi connectivity index (χ0v) is 6.74. The predicted octanol–water partition coefficient (Wildman–Crippen LogP) is 2.74. The Kier molecular flexibility index (Phi) is 2.02. The van der Waals surface area contributed by atoms with E-state index >= 15 is 0 Å². The summed E-state index contributed by atoms with van der Waals surface area (Å²) >= 11 is 1.64. The predicted molar refractivity (Wildman–Crippen MR) is 47.0 cm³/mol. The third-order valence-electron chi connectivity index (χ3n) is 1.17. The molecular formula is C8H9NS. The normalized spacial score (nSPS) is 9.30. The van der Waals surface area contributed by atoms with Gasteiger partial charge in [0.1, 0.15) is 0 Å². The Morgan fingerprint density at radius 1 is 1.40 bits per heavy atom. The molecule has 0 amide bonds. The molecule has 0 saturated heterocycles. The minimum atomic E-state index is 0.942. The lowest BCUT2D eigenvalue weighted by atomic mass is 10.3. The zero-order chi connectivity index (χ0) is 7.56. The van der Waals surface area contributed by atoms with E-state index in [1.165, 1.54) is 0 Å². The molecule has 0 aliphatic heterocycles. The molecule has 0 aliphatic carbocycles. The molecule has 52 valence electrons. The Morgan fingerprint density at radius 3 is 2.50 bits per heavy atom. The molecule has 1 aromatic rings. The van der Waals surface area contributed by atoms with Crippen LogP contribution in [0.25, 0.3) is 12.2 Å². The summed E-state index contributed by atoms with van der Waals surface area (Å²) in [6.45, 7) is 9.30. The topological polar surface area (TPSA) is 12.9 Å². The maximum absolute atomic E-state index is 4.23. The van der Waals surface area contributed by atoms with Crippen LogP contribution in [0, 0.1) is 6.92 Å². The monoisotopic (exact) mass is 151 g/mol. The molecule has 0 saturated carbocycles. The second kappa shape index (κ2) is 2.80. The van der Waals surface area contributed by atoms with Gasteiger partial charge >= 0.3 is 0 Å². The molecule has 0 spiro atoms. The number of aromatic nitrogens is 1. The summed E-state index contributed by atoms with van der Waals surface area (Å²) in [7, 11) is 0. The van der Waals surface area contributed by atoms with Crippen molar-refractivity contribution in [1.82, 2.24) is 4.98 Å². The molecule has 1 aromatic heterocycles. The van der Waals surface area contributed by atoms with E-state index in [9.17, 15) is 0 Å². The Bertz CT molecular complexity index is 235. The number of nitrogens with zero attached hydrogens (tertiary/aromatic N) is 1. The minimum Gasteiger partial charge on any atom is -0.242 e. The Hall–Kier alpha value is -0.890. The van der Waals surface area contributed by atoms with Crippen LogP contribution in [0.5, 0.6) is 0 Å². The summed E-state index contributed by atoms with van der Waals surface area (Å²) in [5.74, 6) is 0. The van der Waals surface area contributed by atoms with Gasteiger partial charge in [-0.3, -0.25) is 0 Å². The van der Waals surface area contributed by atoms with E-state index in [0.717, 1.165) is 15.6 Å². The highest BCUT2D eigenvalue weighted by Crippen LogP contribution is 2.19. The van der Waals surface area contributed by atoms with Gasteiger partial charge in [0.25, 0.3) is 0 Å². The SMILES string of the molecule is C=Cc1nc(C)sc1C=C. The van der Waals surface area contributed by atoms with Crippen molar-refractivity contribution in [2.24, 2.45) is 0 Å². The van der Waals surface area contributed by atoms with Crippen LogP contribution >= 0.6 is 11.3 Å². The standard InChI is InChI=1S/C8H9NS/c1-4-7-8(5-2)10-6(3)9-7/h4-5H,1-2H2,3H3. The third kappa shape index (κ3) is 1.16. The van der Waals surface area contributed by atoms with E-state index in [1.54, 1.807) is 17.4 Å². The Morgan fingerprint density at radius 2 is 2.10 bits per heavy atom. The lowest BCUT2D eigenvalue weighted by Gasteiger charge is -1.83. The summed E-state index contributed by atoms with van der Waals surface area (Å²) in [4.78, 5) is 5.33. The lowest BCUT2D eigenvalue weighted by Crippen LogP contribution is -1.72. The fraction of sp³-hybridized carbons (Fsp3) is 0.125. The number of rotatable bonds is 2. The molecule has 1 nitrogen and oxygen atoms in total. The Labute approximate surface area is 64.7 Å². The molecule has 0 unspecified atom stereocenters. The highest BCUT2D eigenvalue weighted by atomic mass is 32.1. The maximum Gasteiger partial charge on any atom is 0.0907 e. The average Bonchev–Trinajstić information content (AvgIpc) is 2.30. The second-order valence-electron chi connectivity index (χ2n) is 1.89. The molecular weight excluding hydrogens is 142 g/mol. The van der Waals surface area contributed by atoms with Gasteiger partial charge in [-0.25, -0.2) is 4.98 Å². The first kappa shape index (κ1) is 7.22. The van der Waals surface area contributed by atoms with Crippen LogP contribution in [0.1, 0.15) is 15.6 Å². The van der Waals surface area contributed by atoms with Gasteiger partial charge < -0.3 is 0 Å². The van der Waals surface area contributed by atoms with Crippen molar-refractivity contribution in [3.8, 4) is 0 Å². The molecule has 0 N–H and O–H groups in total. The highest BCUT2D eigenvalue weighted by Gasteiger charge is 1.99. The Balaban J connectivity index is 3.20. The summed E-state index contributed by atoms with van der Waals surface area (Å²) in [5.41, 5.74) is 0.942. The molecule has 1 rings (SSSR count). The van der Waals surface area contributed by atoms with Crippen molar-refractivity contribution in [3.63, 3.8) is 0 Å². The highest BCUT2D eigenvalue weighted by molar-refractivity contribution is 7.12. The molecule has 10 heavy (non-hydrogen) atoms. The van der Waals surface area contributed by atoms with Gasteiger partial charge in [-0.05, 0) is 19.1 Å². The van der Waals surface area contributed by atoms with Gasteiger partial charge in [-0.2, -0.15) is 0 Å². The quantitative estimate of drug-likeness (QED) is 0.633. The van der Waals surface area contributed by atoms with Crippen LogP contribution in [-0.2, 0) is 0 Å². The maximum atomic E-state index is 4.23. The molecule has 2 heteroatoms. The van der Waals surface area contributed by atoms with Gasteiger partial charge in [-0.15, -0.1) is 11.3 Å². The van der Waals surface area contributed by atoms with Gasteiger partial charge in [0, 0.05) is 0 Å². The van der Waals surface area contributed by atoms with E-state index in [1.807, 2.05) is 13.0 Å². The molecule has 1 heterocycles. The smallest absolute Gasteiger partial charge is 0.0907 e. The minimum absolute atomic E-state index is 0.942. The van der Waals surface area contributed by atoms with Gasteiger partial charge in [-0.1, -0.05) is 13.2 Å². The van der Waals surface area contributed by atoms with Gasteiger partial charge in [0.2, 0.25) is 0 Å². The van der Waals surface area contributed by atoms with Crippen LogP contribution in [0.15, 0.2) is 13.2 Å². The van der Waals surface area contributed by atoms with E-state index in [2.05, 4.69) is 18.1 Å². The molecule has 0 atom stereocenters. The van der Waals surface area contributed by atoms with Crippen LogP contribution < -0.4 is 0 Å². The van der Waals surface area contributed by atoms with E-state index in [4.69, 9.17) is 0 Å². The van der Waals surface area contributed by atoms with E-state index in [0.29, 0.717) is 0 Å². The molecule has 0 aromatic carbocycles. The molecule has 0 aliphatic rings. The number of aryl methyl sites for hydroxylation is 1. The molecule has 0 bridgehead atoms. The number of thiazole rings is 1. The number of hydrogen-bond acceptors (Lipinski definition) is 2. The van der Waals surface area contributed by atoms with Crippen LogP contribution in [0.3, 0.4) is 0 Å². The summed E-state index contributed by atoms with van der Waals surface area (Å²) in [5, 5.41) is 1.06. The first-order valence-corrected chi connectivity index (χ1v) is 3.82. The summed E-state index contributed by atoms with van der Waals surface area (Å²) < 4.78 is 0. The van der Waals surface area contributed by atoms with Gasteiger partial charge in [0.05, 0.1) is 15.6 Å². The van der Waals surface area contributed by atoms with Crippen molar-refractivity contribution in [2.75, 3.05) is 0 Å². The average molecular weight is 151 g/mol. The summed E-state index contributed by atoms with van der Waals surface area (Å²) in [6, 6.07) is 0. The van der Waals surface area contributed by atoms with Crippen molar-refractivity contribution in [1.29, 1.82) is 0 Å². The van der Waals surface area contributed by atoms with E-state index < -0.39 is 0 Å². The number of hydrogen-bond donors (Lipinski definition) is 0. The fourth-order valence-corrected chi connectivity index (χ4v) is 1.53. The zero-order valence-electron chi connectivity index (χ0n) is 5.92. The van der Waals surface area contributed by atoms with Crippen molar-refractivity contribution < 1.29 is 0 Å². The lowest BCUT2D eigenvalue weighted by molar-refractivity contribution is 1.27. The van der Waals surface area contributed by atoms with Gasteiger partial charge in [0.15, 0.2) is 0 Å². The van der Waals surface area contributed by atoms with Crippen molar-refractivity contribution in [2.45, 2.75) is 6.92 Å². The molecule has 0 fully saturated rings. The first-order chi connectivity index (χ1) is 4.77. The van der Waals surface area contributed by atoms with Crippen LogP contribution in [0.2, 0.25) is 0 Å². The fourth-order valence-electron chi connectivity index (χ4n) is 0.751. The second-order valence-corrected chi connectivity index (χ2v) is 3.13. The van der Waals surface area contributed by atoms with Crippen LogP contribution in [0.4, 0.5) is 0 Å². The van der Waals surface area contributed by atoms with E-state index in [-0.39, 0.29) is 0 Å².